The van der Waals surface area contributed by atoms with Crippen molar-refractivity contribution in [3.05, 3.63) is 0 Å². The predicted molar refractivity (Wildman–Crippen MR) is 78.0 cm³/mol. The molecular weight excluding hydrogens is 292 g/mol. The number of Topliss-reactive ketones (excluding diaryl/α,β-unsaturated/α-hetero) is 1. The number of hydrogen-bond acceptors (Lipinski definition) is 4. The number of halogens is 1. The Labute approximate surface area is 130 Å². The molecular formula is C16H23ClO4. The molecule has 0 aromatic rings. The molecule has 0 spiro atoms. The van der Waals surface area contributed by atoms with Crippen molar-refractivity contribution < 1.29 is 19.4 Å². The van der Waals surface area contributed by atoms with Crippen LogP contribution in [0.25, 0.3) is 0 Å². The molecule has 0 aromatic heterocycles. The molecule has 3 rings (SSSR count). The molecule has 4 nitrogen and oxygen atoms in total. The molecule has 0 radical (unpaired) electrons. The van der Waals surface area contributed by atoms with Crippen LogP contribution in [0, 0.1) is 17.3 Å². The largest absolute Gasteiger partial charge is 0.457 e. The van der Waals surface area contributed by atoms with Crippen LogP contribution in [0.1, 0.15) is 51.9 Å². The van der Waals surface area contributed by atoms with E-state index < -0.39 is 23.1 Å². The summed E-state index contributed by atoms with van der Waals surface area (Å²) < 4.78 is 5.42. The molecule has 4 atom stereocenters. The van der Waals surface area contributed by atoms with E-state index in [4.69, 9.17) is 16.3 Å². The van der Waals surface area contributed by atoms with Gasteiger partial charge in [0.05, 0.1) is 12.0 Å². The molecule has 2 aliphatic carbocycles. The quantitative estimate of drug-likeness (QED) is 0.639. The van der Waals surface area contributed by atoms with E-state index in [0.717, 1.165) is 25.7 Å². The standard InChI is InChI=1S/C16H23ClO4/c1-15-11(7-8-17)12(18)9-16(15,14(20)21-15)13(19)10-5-3-2-4-6-10/h10-11,13,19H,2-9H2,1H3/t11-,13-,15-,16+/m0/s1. The van der Waals surface area contributed by atoms with Crippen molar-refractivity contribution in [3.63, 3.8) is 0 Å². The minimum atomic E-state index is -1.02. The van der Waals surface area contributed by atoms with E-state index in [2.05, 4.69) is 0 Å². The number of aliphatic hydroxyl groups is 1. The zero-order valence-corrected chi connectivity index (χ0v) is 13.2. The summed E-state index contributed by atoms with van der Waals surface area (Å²) in [5, 5.41) is 10.9. The molecule has 1 saturated heterocycles. The Morgan fingerprint density at radius 3 is 2.57 bits per heavy atom. The molecule has 2 saturated carbocycles. The second-order valence-corrected chi connectivity index (χ2v) is 7.36. The van der Waals surface area contributed by atoms with Gasteiger partial charge in [-0.1, -0.05) is 19.3 Å². The molecule has 3 fully saturated rings. The van der Waals surface area contributed by atoms with Crippen molar-refractivity contribution >= 4 is 23.4 Å². The number of fused-ring (bicyclic) bond motifs is 1. The van der Waals surface area contributed by atoms with Gasteiger partial charge in [-0.2, -0.15) is 0 Å². The lowest BCUT2D eigenvalue weighted by atomic mass is 9.60. The Morgan fingerprint density at radius 1 is 1.33 bits per heavy atom. The molecule has 1 aliphatic heterocycles. The van der Waals surface area contributed by atoms with Crippen molar-refractivity contribution in [2.75, 3.05) is 5.88 Å². The SMILES string of the molecule is C[C@@]12OC(=O)[C@]1([C@@H](O)C1CCCCC1)CC(=O)[C@@H]2CCCl. The Morgan fingerprint density at radius 2 is 2.00 bits per heavy atom. The number of ketones is 1. The molecule has 0 unspecified atom stereocenters. The number of esters is 1. The van der Waals surface area contributed by atoms with Gasteiger partial charge in [-0.3, -0.25) is 9.59 Å². The third-order valence-electron chi connectivity index (χ3n) is 6.06. The normalized spacial score (nSPS) is 41.4. The minimum absolute atomic E-state index is 0.0128. The first-order valence-electron chi connectivity index (χ1n) is 7.97. The van der Waals surface area contributed by atoms with Gasteiger partial charge in [0.1, 0.15) is 16.8 Å². The minimum Gasteiger partial charge on any atom is -0.457 e. The Bertz CT molecular complexity index is 459. The predicted octanol–water partition coefficient (Wildman–Crippen LogP) is 2.45. The van der Waals surface area contributed by atoms with Crippen LogP contribution in [0.5, 0.6) is 0 Å². The number of alkyl halides is 1. The summed E-state index contributed by atoms with van der Waals surface area (Å²) in [4.78, 5) is 24.6. The van der Waals surface area contributed by atoms with Crippen molar-refractivity contribution in [2.45, 2.75) is 63.6 Å². The Hall–Kier alpha value is -0.610. The molecule has 3 aliphatic rings. The molecule has 0 aromatic carbocycles. The van der Waals surface area contributed by atoms with Gasteiger partial charge in [0.15, 0.2) is 0 Å². The first-order valence-corrected chi connectivity index (χ1v) is 8.51. The highest BCUT2D eigenvalue weighted by Gasteiger charge is 2.78. The van der Waals surface area contributed by atoms with Crippen LogP contribution in [0.2, 0.25) is 0 Å². The second-order valence-electron chi connectivity index (χ2n) is 6.98. The number of carbonyl (C=O) groups is 2. The van der Waals surface area contributed by atoms with Crippen LogP contribution in [0.4, 0.5) is 0 Å². The maximum absolute atomic E-state index is 12.4. The van der Waals surface area contributed by atoms with Gasteiger partial charge in [0, 0.05) is 12.3 Å². The average molecular weight is 315 g/mol. The van der Waals surface area contributed by atoms with Gasteiger partial charge >= 0.3 is 5.97 Å². The third kappa shape index (κ3) is 1.91. The van der Waals surface area contributed by atoms with Crippen molar-refractivity contribution in [2.24, 2.45) is 17.3 Å². The summed E-state index contributed by atoms with van der Waals surface area (Å²) in [6, 6.07) is 0. The lowest BCUT2D eigenvalue weighted by Gasteiger charge is -2.56. The Kier molecular flexibility index (Phi) is 3.81. The third-order valence-corrected chi connectivity index (χ3v) is 6.28. The fourth-order valence-electron chi connectivity index (χ4n) is 4.78. The van der Waals surface area contributed by atoms with E-state index in [9.17, 15) is 14.7 Å². The highest BCUT2D eigenvalue weighted by Crippen LogP contribution is 2.62. The van der Waals surface area contributed by atoms with E-state index in [0.29, 0.717) is 12.3 Å². The van der Waals surface area contributed by atoms with Gasteiger partial charge in [-0.25, -0.2) is 0 Å². The smallest absolute Gasteiger partial charge is 0.319 e. The van der Waals surface area contributed by atoms with Crippen LogP contribution < -0.4 is 0 Å². The molecule has 118 valence electrons. The van der Waals surface area contributed by atoms with Crippen LogP contribution in [0.15, 0.2) is 0 Å². The number of aliphatic hydroxyl groups excluding tert-OH is 1. The lowest BCUT2D eigenvalue weighted by molar-refractivity contribution is -0.265. The van der Waals surface area contributed by atoms with Crippen LogP contribution in [0.3, 0.4) is 0 Å². The molecule has 1 N–H and O–H groups in total. The summed E-state index contributed by atoms with van der Waals surface area (Å²) in [6.45, 7) is 1.81. The number of carbonyl (C=O) groups excluding carboxylic acids is 2. The second kappa shape index (κ2) is 5.24. The van der Waals surface area contributed by atoms with Gasteiger partial charge in [-0.05, 0) is 32.1 Å². The molecule has 5 heteroatoms. The maximum atomic E-state index is 12.4. The van der Waals surface area contributed by atoms with Crippen molar-refractivity contribution in [1.29, 1.82) is 0 Å². The monoisotopic (exact) mass is 314 g/mol. The summed E-state index contributed by atoms with van der Waals surface area (Å²) in [5.74, 6) is -0.286. The molecule has 21 heavy (non-hydrogen) atoms. The lowest BCUT2D eigenvalue weighted by Crippen LogP contribution is -2.70. The highest BCUT2D eigenvalue weighted by atomic mass is 35.5. The first-order chi connectivity index (χ1) is 9.97. The molecule has 0 bridgehead atoms. The zero-order valence-electron chi connectivity index (χ0n) is 12.4. The fourth-order valence-corrected chi connectivity index (χ4v) is 5.00. The van der Waals surface area contributed by atoms with E-state index in [1.807, 2.05) is 6.92 Å². The van der Waals surface area contributed by atoms with Crippen LogP contribution >= 0.6 is 11.6 Å². The topological polar surface area (TPSA) is 63.6 Å². The van der Waals surface area contributed by atoms with Gasteiger partial charge in [0.25, 0.3) is 0 Å². The first kappa shape index (κ1) is 15.3. The molecule has 1 heterocycles. The summed E-state index contributed by atoms with van der Waals surface area (Å²) in [6.07, 6.45) is 5.07. The number of rotatable bonds is 4. The number of hydrogen-bond donors (Lipinski definition) is 1. The van der Waals surface area contributed by atoms with Crippen molar-refractivity contribution in [1.82, 2.24) is 0 Å². The number of ether oxygens (including phenoxy) is 1. The van der Waals surface area contributed by atoms with Gasteiger partial charge < -0.3 is 9.84 Å². The van der Waals surface area contributed by atoms with E-state index >= 15 is 0 Å². The average Bonchev–Trinajstić information content (AvgIpc) is 2.65. The summed E-state index contributed by atoms with van der Waals surface area (Å²) >= 11 is 5.80. The highest BCUT2D eigenvalue weighted by molar-refractivity contribution is 6.18. The van der Waals surface area contributed by atoms with Gasteiger partial charge in [-0.15, -0.1) is 11.6 Å². The van der Waals surface area contributed by atoms with E-state index in [-0.39, 0.29) is 24.0 Å². The Balaban J connectivity index is 1.90. The molecule has 0 amide bonds. The van der Waals surface area contributed by atoms with E-state index in [1.165, 1.54) is 6.42 Å². The summed E-state index contributed by atoms with van der Waals surface area (Å²) in [7, 11) is 0. The van der Waals surface area contributed by atoms with Crippen LogP contribution in [-0.2, 0) is 14.3 Å². The van der Waals surface area contributed by atoms with Crippen LogP contribution in [-0.4, -0.2) is 34.4 Å². The zero-order chi connectivity index (χ0) is 15.3. The van der Waals surface area contributed by atoms with Crippen molar-refractivity contribution in [3.8, 4) is 0 Å². The fraction of sp³-hybridized carbons (Fsp3) is 0.875. The maximum Gasteiger partial charge on any atom is 0.319 e. The van der Waals surface area contributed by atoms with Gasteiger partial charge in [0.2, 0.25) is 0 Å². The van der Waals surface area contributed by atoms with E-state index in [1.54, 1.807) is 0 Å². The summed E-state index contributed by atoms with van der Waals surface area (Å²) in [5.41, 5.74) is -1.89.